The molecule has 1 aromatic carbocycles. The fraction of sp³-hybridized carbons (Fsp3) is 0.556. The van der Waals surface area contributed by atoms with E-state index >= 15 is 0 Å². The summed E-state index contributed by atoms with van der Waals surface area (Å²) < 4.78 is 0. The monoisotopic (exact) mass is 318 g/mol. The van der Waals surface area contributed by atoms with Crippen LogP contribution in [0.25, 0.3) is 0 Å². The number of phenols is 1. The predicted molar refractivity (Wildman–Crippen MR) is 90.4 cm³/mol. The van der Waals surface area contributed by atoms with Crippen LogP contribution in [0.4, 0.5) is 5.69 Å². The second-order valence-corrected chi connectivity index (χ2v) is 7.51. The number of benzene rings is 1. The predicted octanol–water partition coefficient (Wildman–Crippen LogP) is 2.89. The van der Waals surface area contributed by atoms with Gasteiger partial charge in [0.2, 0.25) is 11.8 Å². The highest BCUT2D eigenvalue weighted by Gasteiger charge is 2.35. The molecule has 5 nitrogen and oxygen atoms in total. The summed E-state index contributed by atoms with van der Waals surface area (Å²) in [5.41, 5.74) is 1.35. The molecule has 0 unspecified atom stereocenters. The lowest BCUT2D eigenvalue weighted by Gasteiger charge is -2.22. The lowest BCUT2D eigenvalue weighted by molar-refractivity contribution is -0.129. The molecule has 5 heteroatoms. The number of aromatic hydroxyl groups is 1. The van der Waals surface area contributed by atoms with Crippen LogP contribution in [0.1, 0.15) is 46.6 Å². The van der Waals surface area contributed by atoms with Gasteiger partial charge in [-0.25, -0.2) is 0 Å². The molecule has 1 heterocycles. The van der Waals surface area contributed by atoms with Crippen molar-refractivity contribution < 1.29 is 14.7 Å². The lowest BCUT2D eigenvalue weighted by atomic mass is 9.87. The van der Waals surface area contributed by atoms with E-state index in [9.17, 15) is 14.7 Å². The SMILES string of the molecule is CC(C)N1C[C@@H](C(=O)Nc2cc(C(C)(C)C)ccc2O)CC1=O. The second kappa shape index (κ2) is 6.22. The van der Waals surface area contributed by atoms with E-state index in [-0.39, 0.29) is 41.4 Å². The summed E-state index contributed by atoms with van der Waals surface area (Å²) in [4.78, 5) is 26.1. The normalized spacial score (nSPS) is 18.6. The molecule has 0 aliphatic carbocycles. The van der Waals surface area contributed by atoms with Crippen molar-refractivity contribution in [3.63, 3.8) is 0 Å². The zero-order valence-corrected chi connectivity index (χ0v) is 14.5. The Morgan fingerprint density at radius 2 is 2.00 bits per heavy atom. The molecule has 0 aromatic heterocycles. The number of phenolic OH excluding ortho intramolecular Hbond substituents is 1. The molecule has 2 rings (SSSR count). The van der Waals surface area contributed by atoms with Gasteiger partial charge < -0.3 is 15.3 Å². The summed E-state index contributed by atoms with van der Waals surface area (Å²) >= 11 is 0. The molecule has 1 aliphatic heterocycles. The van der Waals surface area contributed by atoms with E-state index in [1.807, 2.05) is 19.9 Å². The van der Waals surface area contributed by atoms with Crippen LogP contribution in [0, 0.1) is 5.92 Å². The van der Waals surface area contributed by atoms with Gasteiger partial charge in [-0.3, -0.25) is 9.59 Å². The maximum absolute atomic E-state index is 12.4. The summed E-state index contributed by atoms with van der Waals surface area (Å²) in [6.45, 7) is 10.5. The first-order chi connectivity index (χ1) is 10.6. The van der Waals surface area contributed by atoms with Crippen LogP contribution in [0.3, 0.4) is 0 Å². The Labute approximate surface area is 137 Å². The van der Waals surface area contributed by atoms with E-state index in [1.165, 1.54) is 0 Å². The zero-order chi connectivity index (χ0) is 17.4. The number of hydrogen-bond acceptors (Lipinski definition) is 3. The van der Waals surface area contributed by atoms with Gasteiger partial charge in [0.05, 0.1) is 11.6 Å². The third-order valence-corrected chi connectivity index (χ3v) is 4.27. The molecule has 1 atom stereocenters. The Hall–Kier alpha value is -2.04. The fourth-order valence-corrected chi connectivity index (χ4v) is 2.74. The van der Waals surface area contributed by atoms with Gasteiger partial charge in [0.1, 0.15) is 5.75 Å². The summed E-state index contributed by atoms with van der Waals surface area (Å²) in [5.74, 6) is -0.547. The Morgan fingerprint density at radius 1 is 1.35 bits per heavy atom. The van der Waals surface area contributed by atoms with Crippen LogP contribution in [-0.4, -0.2) is 34.4 Å². The first kappa shape index (κ1) is 17.3. The molecule has 1 aromatic rings. The average Bonchev–Trinajstić information content (AvgIpc) is 2.82. The Kier molecular flexibility index (Phi) is 4.68. The van der Waals surface area contributed by atoms with Crippen molar-refractivity contribution in [2.24, 2.45) is 5.92 Å². The third kappa shape index (κ3) is 3.84. The standard InChI is InChI=1S/C18H26N2O3/c1-11(2)20-10-12(8-16(20)22)17(23)19-14-9-13(18(3,4)5)6-7-15(14)21/h6-7,9,11-12,21H,8,10H2,1-5H3,(H,19,23)/t12-/m0/s1. The number of likely N-dealkylation sites (tertiary alicyclic amines) is 1. The van der Waals surface area contributed by atoms with Gasteiger partial charge in [0, 0.05) is 19.0 Å². The van der Waals surface area contributed by atoms with Crippen molar-refractivity contribution in [3.8, 4) is 5.75 Å². The molecule has 0 saturated carbocycles. The summed E-state index contributed by atoms with van der Waals surface area (Å²) in [6.07, 6.45) is 0.226. The number of hydrogen-bond donors (Lipinski definition) is 2. The van der Waals surface area contributed by atoms with Crippen LogP contribution in [0.5, 0.6) is 5.75 Å². The molecule has 0 radical (unpaired) electrons. The average molecular weight is 318 g/mol. The lowest BCUT2D eigenvalue weighted by Crippen LogP contribution is -2.33. The van der Waals surface area contributed by atoms with E-state index in [0.29, 0.717) is 12.2 Å². The van der Waals surface area contributed by atoms with Crippen LogP contribution in [-0.2, 0) is 15.0 Å². The minimum absolute atomic E-state index is 0.00724. The number of nitrogens with zero attached hydrogens (tertiary/aromatic N) is 1. The maximum atomic E-state index is 12.4. The summed E-state index contributed by atoms with van der Waals surface area (Å²) in [7, 11) is 0. The molecule has 126 valence electrons. The number of nitrogens with one attached hydrogen (secondary N) is 1. The van der Waals surface area contributed by atoms with Gasteiger partial charge in [-0.2, -0.15) is 0 Å². The molecule has 2 N–H and O–H groups in total. The van der Waals surface area contributed by atoms with Crippen LogP contribution in [0.15, 0.2) is 18.2 Å². The number of carbonyl (C=O) groups excluding carboxylic acids is 2. The molecule has 0 bridgehead atoms. The van der Waals surface area contributed by atoms with Crippen molar-refractivity contribution in [1.82, 2.24) is 4.90 Å². The molecule has 1 aliphatic rings. The fourth-order valence-electron chi connectivity index (χ4n) is 2.74. The number of rotatable bonds is 3. The van der Waals surface area contributed by atoms with E-state index in [2.05, 4.69) is 26.1 Å². The molecule has 2 amide bonds. The van der Waals surface area contributed by atoms with Gasteiger partial charge in [0.15, 0.2) is 0 Å². The van der Waals surface area contributed by atoms with Crippen molar-refractivity contribution in [2.75, 3.05) is 11.9 Å². The molecule has 1 fully saturated rings. The summed E-state index contributed by atoms with van der Waals surface area (Å²) in [6, 6.07) is 5.34. The van der Waals surface area contributed by atoms with Gasteiger partial charge in [-0.1, -0.05) is 26.8 Å². The highest BCUT2D eigenvalue weighted by Crippen LogP contribution is 2.31. The third-order valence-electron chi connectivity index (χ3n) is 4.27. The molecule has 1 saturated heterocycles. The van der Waals surface area contributed by atoms with E-state index in [4.69, 9.17) is 0 Å². The van der Waals surface area contributed by atoms with Crippen LogP contribution < -0.4 is 5.32 Å². The van der Waals surface area contributed by atoms with Gasteiger partial charge >= 0.3 is 0 Å². The van der Waals surface area contributed by atoms with Gasteiger partial charge in [-0.15, -0.1) is 0 Å². The van der Waals surface area contributed by atoms with Crippen molar-refractivity contribution in [2.45, 2.75) is 52.5 Å². The van der Waals surface area contributed by atoms with Crippen molar-refractivity contribution in [1.29, 1.82) is 0 Å². The van der Waals surface area contributed by atoms with Gasteiger partial charge in [0.25, 0.3) is 0 Å². The summed E-state index contributed by atoms with van der Waals surface area (Å²) in [5, 5.41) is 12.8. The smallest absolute Gasteiger partial charge is 0.229 e. The van der Waals surface area contributed by atoms with Crippen LogP contribution in [0.2, 0.25) is 0 Å². The second-order valence-electron chi connectivity index (χ2n) is 7.51. The van der Waals surface area contributed by atoms with E-state index in [1.54, 1.807) is 17.0 Å². The quantitative estimate of drug-likeness (QED) is 0.842. The maximum Gasteiger partial charge on any atom is 0.229 e. The van der Waals surface area contributed by atoms with Crippen molar-refractivity contribution >= 4 is 17.5 Å². The van der Waals surface area contributed by atoms with Crippen molar-refractivity contribution in [3.05, 3.63) is 23.8 Å². The molecular weight excluding hydrogens is 292 g/mol. The first-order valence-electron chi connectivity index (χ1n) is 8.03. The number of carbonyl (C=O) groups is 2. The topological polar surface area (TPSA) is 69.6 Å². The van der Waals surface area contributed by atoms with E-state index in [0.717, 1.165) is 5.56 Å². The molecular formula is C18H26N2O3. The number of anilines is 1. The number of amides is 2. The Morgan fingerprint density at radius 3 is 2.52 bits per heavy atom. The highest BCUT2D eigenvalue weighted by atomic mass is 16.3. The Bertz CT molecular complexity index is 617. The minimum Gasteiger partial charge on any atom is -0.506 e. The molecule has 23 heavy (non-hydrogen) atoms. The van der Waals surface area contributed by atoms with E-state index < -0.39 is 0 Å². The minimum atomic E-state index is -0.373. The first-order valence-corrected chi connectivity index (χ1v) is 8.03. The zero-order valence-electron chi connectivity index (χ0n) is 14.5. The van der Waals surface area contributed by atoms with Gasteiger partial charge in [-0.05, 0) is 37.0 Å². The Balaban J connectivity index is 2.14. The molecule has 0 spiro atoms. The highest BCUT2D eigenvalue weighted by molar-refractivity contribution is 5.98. The largest absolute Gasteiger partial charge is 0.506 e. The van der Waals surface area contributed by atoms with Crippen LogP contribution >= 0.6 is 0 Å².